The molecule has 0 unspecified atom stereocenters. The Morgan fingerprint density at radius 1 is 1.20 bits per heavy atom. The molecule has 0 bridgehead atoms. The Morgan fingerprint density at radius 3 is 2.66 bits per heavy atom. The van der Waals surface area contributed by atoms with Crippen LogP contribution in [0.3, 0.4) is 0 Å². The maximum Gasteiger partial charge on any atom is 0.268 e. The topological polar surface area (TPSA) is 112 Å². The van der Waals surface area contributed by atoms with Crippen LogP contribution in [0.4, 0.5) is 11.5 Å². The minimum Gasteiger partial charge on any atom is -0.479 e. The Balaban J connectivity index is 1.20. The molecule has 4 heterocycles. The zero-order chi connectivity index (χ0) is 24.5. The average molecular weight is 477 g/mol. The summed E-state index contributed by atoms with van der Waals surface area (Å²) >= 11 is 0. The highest BCUT2D eigenvalue weighted by Crippen LogP contribution is 2.32. The minimum absolute atomic E-state index is 0.0701. The van der Waals surface area contributed by atoms with Crippen molar-refractivity contribution in [2.75, 3.05) is 50.1 Å². The maximum atomic E-state index is 13.0. The predicted molar refractivity (Wildman–Crippen MR) is 127 cm³/mol. The van der Waals surface area contributed by atoms with Gasteiger partial charge in [-0.2, -0.15) is 5.26 Å². The molecule has 3 fully saturated rings. The fourth-order valence-electron chi connectivity index (χ4n) is 4.29. The molecule has 0 N–H and O–H groups in total. The SMILES string of the molecule is CN(C)C(=O)C1CN(c2ncc(N3CC[C@@H](Oc4ccc(OCC5CC5)nc4)C3=O)cc2C#N)C1. The van der Waals surface area contributed by atoms with E-state index in [4.69, 9.17) is 9.47 Å². The van der Waals surface area contributed by atoms with Gasteiger partial charge in [-0.05, 0) is 30.9 Å². The van der Waals surface area contributed by atoms with Gasteiger partial charge < -0.3 is 24.2 Å². The van der Waals surface area contributed by atoms with E-state index >= 15 is 0 Å². The van der Waals surface area contributed by atoms with Crippen LogP contribution in [0.15, 0.2) is 30.6 Å². The monoisotopic (exact) mass is 476 g/mol. The Bertz CT molecular complexity index is 1150. The fraction of sp³-hybridized carbons (Fsp3) is 0.480. The van der Waals surface area contributed by atoms with Crippen LogP contribution < -0.4 is 19.3 Å². The fourth-order valence-corrected chi connectivity index (χ4v) is 4.29. The van der Waals surface area contributed by atoms with Crippen molar-refractivity contribution < 1.29 is 19.1 Å². The number of ether oxygens (including phenoxy) is 2. The van der Waals surface area contributed by atoms with Gasteiger partial charge in [0.1, 0.15) is 17.6 Å². The molecule has 0 aromatic carbocycles. The first kappa shape index (κ1) is 22.9. The number of hydrogen-bond donors (Lipinski definition) is 0. The van der Waals surface area contributed by atoms with Gasteiger partial charge in [-0.1, -0.05) is 0 Å². The van der Waals surface area contributed by atoms with Crippen molar-refractivity contribution in [3.63, 3.8) is 0 Å². The lowest BCUT2D eigenvalue weighted by atomic mass is 9.98. The van der Waals surface area contributed by atoms with E-state index in [1.807, 2.05) is 4.90 Å². The van der Waals surface area contributed by atoms with Gasteiger partial charge in [-0.25, -0.2) is 9.97 Å². The molecule has 182 valence electrons. The summed E-state index contributed by atoms with van der Waals surface area (Å²) in [5, 5.41) is 9.69. The number of nitriles is 1. The highest BCUT2D eigenvalue weighted by atomic mass is 16.5. The van der Waals surface area contributed by atoms with E-state index < -0.39 is 6.10 Å². The number of carbonyl (C=O) groups excluding carboxylic acids is 2. The first-order valence-corrected chi connectivity index (χ1v) is 11.9. The summed E-state index contributed by atoms with van der Waals surface area (Å²) < 4.78 is 11.5. The van der Waals surface area contributed by atoms with Crippen LogP contribution in [-0.2, 0) is 9.59 Å². The van der Waals surface area contributed by atoms with Gasteiger partial charge in [0.05, 0.1) is 36.2 Å². The minimum atomic E-state index is -0.631. The quantitative estimate of drug-likeness (QED) is 0.567. The van der Waals surface area contributed by atoms with Crippen molar-refractivity contribution in [1.82, 2.24) is 14.9 Å². The van der Waals surface area contributed by atoms with E-state index in [0.29, 0.717) is 67.3 Å². The molecule has 10 nitrogen and oxygen atoms in total. The van der Waals surface area contributed by atoms with Crippen LogP contribution in [0.2, 0.25) is 0 Å². The molecule has 2 aliphatic heterocycles. The van der Waals surface area contributed by atoms with E-state index in [9.17, 15) is 14.9 Å². The zero-order valence-electron chi connectivity index (χ0n) is 19.9. The summed E-state index contributed by atoms with van der Waals surface area (Å²) in [7, 11) is 3.47. The molecule has 1 atom stereocenters. The standard InChI is InChI=1S/C25H28N6O4/c1-29(2)24(32)18-13-30(14-18)23-17(10-26)9-19(11-28-23)31-8-7-21(25(31)33)35-20-5-6-22(27-12-20)34-15-16-3-4-16/h5-6,9,11-12,16,18,21H,3-4,7-8,13-15H2,1-2H3/t21-/m1/s1. The molecule has 2 aromatic heterocycles. The molecule has 2 amide bonds. The van der Waals surface area contributed by atoms with E-state index in [1.165, 1.54) is 12.8 Å². The molecule has 2 aromatic rings. The summed E-state index contributed by atoms with van der Waals surface area (Å²) in [5.74, 6) is 2.04. The van der Waals surface area contributed by atoms with Gasteiger partial charge >= 0.3 is 0 Å². The summed E-state index contributed by atoms with van der Waals surface area (Å²) in [6, 6.07) is 7.37. The molecule has 2 saturated heterocycles. The third-order valence-corrected chi connectivity index (χ3v) is 6.56. The third-order valence-electron chi connectivity index (χ3n) is 6.56. The zero-order valence-corrected chi connectivity index (χ0v) is 19.9. The number of aromatic nitrogens is 2. The highest BCUT2D eigenvalue weighted by Gasteiger charge is 2.37. The van der Waals surface area contributed by atoms with Crippen LogP contribution in [0.1, 0.15) is 24.8 Å². The average Bonchev–Trinajstić information content (AvgIpc) is 3.60. The van der Waals surface area contributed by atoms with Crippen LogP contribution in [-0.4, -0.2) is 73.1 Å². The summed E-state index contributed by atoms with van der Waals surface area (Å²) in [4.78, 5) is 38.9. The van der Waals surface area contributed by atoms with Crippen LogP contribution in [0.5, 0.6) is 11.6 Å². The number of rotatable bonds is 8. The van der Waals surface area contributed by atoms with Gasteiger partial charge in [-0.15, -0.1) is 0 Å². The van der Waals surface area contributed by atoms with Gasteiger partial charge in [0.15, 0.2) is 6.10 Å². The number of hydrogen-bond acceptors (Lipinski definition) is 8. The number of carbonyl (C=O) groups is 2. The Morgan fingerprint density at radius 2 is 2.00 bits per heavy atom. The molecular formula is C25H28N6O4. The van der Waals surface area contributed by atoms with E-state index in [0.717, 1.165) is 0 Å². The van der Waals surface area contributed by atoms with Crippen LogP contribution in [0.25, 0.3) is 0 Å². The van der Waals surface area contributed by atoms with Gasteiger partial charge in [0.2, 0.25) is 11.8 Å². The predicted octanol–water partition coefficient (Wildman–Crippen LogP) is 1.85. The second-order valence-corrected chi connectivity index (χ2v) is 9.48. The normalized spacial score (nSPS) is 19.8. The first-order chi connectivity index (χ1) is 16.9. The van der Waals surface area contributed by atoms with Crippen molar-refractivity contribution in [2.45, 2.75) is 25.4 Å². The van der Waals surface area contributed by atoms with Crippen molar-refractivity contribution in [3.8, 4) is 17.7 Å². The molecule has 5 rings (SSSR count). The third kappa shape index (κ3) is 4.85. The second kappa shape index (κ2) is 9.41. The lowest BCUT2D eigenvalue weighted by Crippen LogP contribution is -2.54. The molecule has 35 heavy (non-hydrogen) atoms. The Hall–Kier alpha value is -3.87. The second-order valence-electron chi connectivity index (χ2n) is 9.48. The molecule has 1 saturated carbocycles. The van der Waals surface area contributed by atoms with Crippen molar-refractivity contribution in [2.24, 2.45) is 11.8 Å². The number of amides is 2. The number of anilines is 2. The van der Waals surface area contributed by atoms with E-state index in [1.54, 1.807) is 54.5 Å². The highest BCUT2D eigenvalue weighted by molar-refractivity contribution is 5.99. The Kier molecular flexibility index (Phi) is 6.16. The molecule has 0 spiro atoms. The molecular weight excluding hydrogens is 448 g/mol. The van der Waals surface area contributed by atoms with E-state index in [2.05, 4.69) is 16.0 Å². The summed E-state index contributed by atoms with van der Waals surface area (Å²) in [6.07, 6.45) is 5.49. The van der Waals surface area contributed by atoms with Gasteiger partial charge in [0.25, 0.3) is 5.91 Å². The molecule has 1 aliphatic carbocycles. The number of nitrogens with zero attached hydrogens (tertiary/aromatic N) is 6. The maximum absolute atomic E-state index is 13.0. The largest absolute Gasteiger partial charge is 0.479 e. The van der Waals surface area contributed by atoms with Gasteiger partial charge in [0, 0.05) is 46.2 Å². The lowest BCUT2D eigenvalue weighted by molar-refractivity contribution is -0.133. The summed E-state index contributed by atoms with van der Waals surface area (Å²) in [6.45, 7) is 2.20. The first-order valence-electron chi connectivity index (χ1n) is 11.9. The van der Waals surface area contributed by atoms with E-state index in [-0.39, 0.29) is 17.7 Å². The molecule has 3 aliphatic rings. The molecule has 10 heteroatoms. The van der Waals surface area contributed by atoms with Crippen LogP contribution >= 0.6 is 0 Å². The smallest absolute Gasteiger partial charge is 0.268 e. The van der Waals surface area contributed by atoms with Crippen molar-refractivity contribution in [3.05, 3.63) is 36.2 Å². The lowest BCUT2D eigenvalue weighted by Gasteiger charge is -2.40. The van der Waals surface area contributed by atoms with Crippen molar-refractivity contribution >= 4 is 23.3 Å². The Labute approximate surface area is 204 Å². The molecule has 0 radical (unpaired) electrons. The number of pyridine rings is 2. The van der Waals surface area contributed by atoms with Crippen LogP contribution in [0, 0.1) is 23.2 Å². The van der Waals surface area contributed by atoms with Crippen molar-refractivity contribution in [1.29, 1.82) is 5.26 Å². The summed E-state index contributed by atoms with van der Waals surface area (Å²) in [5.41, 5.74) is 0.936. The van der Waals surface area contributed by atoms with Gasteiger partial charge in [-0.3, -0.25) is 9.59 Å².